The van der Waals surface area contributed by atoms with Crippen molar-refractivity contribution in [3.8, 4) is 0 Å². The van der Waals surface area contributed by atoms with Crippen LogP contribution >= 0.6 is 11.3 Å². The number of thiazole rings is 1. The molecule has 2 N–H and O–H groups in total. The van der Waals surface area contributed by atoms with Gasteiger partial charge in [0, 0.05) is 12.7 Å². The highest BCUT2D eigenvalue weighted by atomic mass is 32.1. The molecule has 0 radical (unpaired) electrons. The van der Waals surface area contributed by atoms with Crippen LogP contribution in [0.3, 0.4) is 0 Å². The number of carbonyl (C=O) groups excluding carboxylic acids is 2. The number of aliphatic hydroxyl groups excluding tert-OH is 1. The van der Waals surface area contributed by atoms with Crippen molar-refractivity contribution in [3.63, 3.8) is 0 Å². The molecule has 2 amide bonds. The summed E-state index contributed by atoms with van der Waals surface area (Å²) in [7, 11) is 0. The number of aromatic nitrogens is 1. The van der Waals surface area contributed by atoms with Crippen LogP contribution in [0, 0.1) is 0 Å². The Morgan fingerprint density at radius 1 is 1.06 bits per heavy atom. The van der Waals surface area contributed by atoms with E-state index in [1.54, 1.807) is 32.5 Å². The van der Waals surface area contributed by atoms with Gasteiger partial charge in [-0.15, -0.1) is 11.3 Å². The van der Waals surface area contributed by atoms with Gasteiger partial charge in [-0.05, 0) is 38.3 Å². The smallest absolute Gasteiger partial charge is 0.410 e. The van der Waals surface area contributed by atoms with Crippen LogP contribution in [-0.4, -0.2) is 51.5 Å². The van der Waals surface area contributed by atoms with E-state index in [0.29, 0.717) is 6.42 Å². The molecule has 0 fully saturated rings. The summed E-state index contributed by atoms with van der Waals surface area (Å²) in [6.07, 6.45) is -0.300. The lowest BCUT2D eigenvalue weighted by atomic mass is 10.0. The van der Waals surface area contributed by atoms with Crippen molar-refractivity contribution in [2.75, 3.05) is 6.54 Å². The van der Waals surface area contributed by atoms with Gasteiger partial charge in [-0.1, -0.05) is 60.7 Å². The minimum Gasteiger partial charge on any atom is -0.444 e. The first-order valence-electron chi connectivity index (χ1n) is 11.7. The fourth-order valence-electron chi connectivity index (χ4n) is 3.48. The van der Waals surface area contributed by atoms with Crippen molar-refractivity contribution in [2.24, 2.45) is 0 Å². The standard InChI is InChI=1S/C27H33N3O5S/c1-27(2,3)35-26(33)30(16-21-12-8-5-9-13-21)17-24(31)23(14-20-10-6-4-7-11-20)29-25(32)34-18-22-15-28-19-36-22/h4-13,15,19,23-24,31H,14,16-18H2,1-3H3,(H,29,32). The van der Waals surface area contributed by atoms with Crippen molar-refractivity contribution in [3.05, 3.63) is 88.4 Å². The molecule has 0 aliphatic carbocycles. The SMILES string of the molecule is CC(C)(C)OC(=O)N(Cc1ccccc1)CC(O)C(Cc1ccccc1)NC(=O)OCc1cncs1. The lowest BCUT2D eigenvalue weighted by Crippen LogP contribution is -2.51. The second-order valence-corrected chi connectivity index (χ2v) is 10.4. The van der Waals surface area contributed by atoms with Gasteiger partial charge in [0.25, 0.3) is 0 Å². The molecule has 2 aromatic carbocycles. The third-order valence-electron chi connectivity index (χ3n) is 5.17. The average Bonchev–Trinajstić information content (AvgIpc) is 3.36. The molecule has 0 saturated carbocycles. The van der Waals surface area contributed by atoms with E-state index in [1.165, 1.54) is 16.2 Å². The number of alkyl carbamates (subject to hydrolysis) is 1. The number of ether oxygens (including phenoxy) is 2. The summed E-state index contributed by atoms with van der Waals surface area (Å²) >= 11 is 1.39. The van der Waals surface area contributed by atoms with E-state index in [0.717, 1.165) is 16.0 Å². The number of hydrogen-bond acceptors (Lipinski definition) is 7. The molecular formula is C27H33N3O5S. The normalized spacial score (nSPS) is 12.9. The molecule has 0 saturated heterocycles. The zero-order valence-electron chi connectivity index (χ0n) is 20.8. The number of aliphatic hydroxyl groups is 1. The Balaban J connectivity index is 1.74. The van der Waals surface area contributed by atoms with E-state index in [-0.39, 0.29) is 19.7 Å². The van der Waals surface area contributed by atoms with Crippen LogP contribution in [0.15, 0.2) is 72.4 Å². The Morgan fingerprint density at radius 2 is 1.69 bits per heavy atom. The molecule has 8 nitrogen and oxygen atoms in total. The summed E-state index contributed by atoms with van der Waals surface area (Å²) in [4.78, 5) is 31.8. The van der Waals surface area contributed by atoms with Gasteiger partial charge in [0.1, 0.15) is 12.2 Å². The molecule has 9 heteroatoms. The van der Waals surface area contributed by atoms with Crippen LogP contribution in [0.4, 0.5) is 9.59 Å². The highest BCUT2D eigenvalue weighted by Crippen LogP contribution is 2.16. The number of rotatable bonds is 10. The molecule has 3 rings (SSSR count). The quantitative estimate of drug-likeness (QED) is 0.406. The molecule has 192 valence electrons. The topological polar surface area (TPSA) is 101 Å². The van der Waals surface area contributed by atoms with Gasteiger partial charge in [-0.2, -0.15) is 0 Å². The van der Waals surface area contributed by atoms with Crippen molar-refractivity contribution < 1.29 is 24.2 Å². The third kappa shape index (κ3) is 9.31. The number of benzene rings is 2. The molecule has 36 heavy (non-hydrogen) atoms. The molecule has 0 spiro atoms. The maximum absolute atomic E-state index is 13.0. The Labute approximate surface area is 215 Å². The average molecular weight is 512 g/mol. The van der Waals surface area contributed by atoms with Crippen LogP contribution < -0.4 is 5.32 Å². The summed E-state index contributed by atoms with van der Waals surface area (Å²) in [6.45, 7) is 5.67. The molecule has 1 heterocycles. The molecule has 1 aromatic heterocycles. The van der Waals surface area contributed by atoms with Gasteiger partial charge in [-0.3, -0.25) is 4.98 Å². The molecule has 0 bridgehead atoms. The van der Waals surface area contributed by atoms with Crippen molar-refractivity contribution in [1.29, 1.82) is 0 Å². The first kappa shape index (κ1) is 27.2. The minimum absolute atomic E-state index is 0.0452. The number of nitrogens with one attached hydrogen (secondary N) is 1. The molecule has 0 aliphatic heterocycles. The highest BCUT2D eigenvalue weighted by molar-refractivity contribution is 7.09. The molecule has 3 aromatic rings. The zero-order chi connectivity index (χ0) is 26.0. The summed E-state index contributed by atoms with van der Waals surface area (Å²) in [6, 6.07) is 18.3. The van der Waals surface area contributed by atoms with Gasteiger partial charge >= 0.3 is 12.2 Å². The van der Waals surface area contributed by atoms with Crippen LogP contribution in [0.5, 0.6) is 0 Å². The monoisotopic (exact) mass is 511 g/mol. The molecule has 0 aliphatic rings. The van der Waals surface area contributed by atoms with E-state index in [9.17, 15) is 14.7 Å². The second kappa shape index (κ2) is 13.0. The Bertz CT molecular complexity index is 1070. The van der Waals surface area contributed by atoms with Crippen molar-refractivity contribution in [1.82, 2.24) is 15.2 Å². The lowest BCUT2D eigenvalue weighted by Gasteiger charge is -2.31. The predicted molar refractivity (Wildman–Crippen MR) is 138 cm³/mol. The number of carbonyl (C=O) groups is 2. The van der Waals surface area contributed by atoms with Gasteiger partial charge in [0.05, 0.1) is 29.1 Å². The van der Waals surface area contributed by atoms with Gasteiger partial charge in [0.15, 0.2) is 0 Å². The number of nitrogens with zero attached hydrogens (tertiary/aromatic N) is 2. The summed E-state index contributed by atoms with van der Waals surface area (Å²) < 4.78 is 10.9. The van der Waals surface area contributed by atoms with E-state index in [2.05, 4.69) is 10.3 Å². The van der Waals surface area contributed by atoms with E-state index >= 15 is 0 Å². The first-order valence-corrected chi connectivity index (χ1v) is 12.6. The fraction of sp³-hybridized carbons (Fsp3) is 0.370. The maximum Gasteiger partial charge on any atom is 0.410 e. The molecule has 2 unspecified atom stereocenters. The molecule has 2 atom stereocenters. The summed E-state index contributed by atoms with van der Waals surface area (Å²) in [5, 5.41) is 14.0. The Morgan fingerprint density at radius 3 is 2.28 bits per heavy atom. The van der Waals surface area contributed by atoms with E-state index in [4.69, 9.17) is 9.47 Å². The second-order valence-electron chi connectivity index (χ2n) is 9.40. The number of hydrogen-bond donors (Lipinski definition) is 2. The first-order chi connectivity index (χ1) is 17.2. The summed E-state index contributed by atoms with van der Waals surface area (Å²) in [5.41, 5.74) is 2.79. The summed E-state index contributed by atoms with van der Waals surface area (Å²) in [5.74, 6) is 0. The van der Waals surface area contributed by atoms with Crippen LogP contribution in [0.2, 0.25) is 0 Å². The molecular weight excluding hydrogens is 478 g/mol. The lowest BCUT2D eigenvalue weighted by molar-refractivity contribution is 0.00810. The minimum atomic E-state index is -1.09. The van der Waals surface area contributed by atoms with Gasteiger partial charge < -0.3 is 24.8 Å². The van der Waals surface area contributed by atoms with Crippen molar-refractivity contribution >= 4 is 23.5 Å². The van der Waals surface area contributed by atoms with Crippen LogP contribution in [-0.2, 0) is 29.0 Å². The fourth-order valence-corrected chi connectivity index (χ4v) is 3.99. The van der Waals surface area contributed by atoms with Gasteiger partial charge in [0.2, 0.25) is 0 Å². The van der Waals surface area contributed by atoms with E-state index in [1.807, 2.05) is 60.7 Å². The van der Waals surface area contributed by atoms with Crippen molar-refractivity contribution in [2.45, 2.75) is 58.1 Å². The van der Waals surface area contributed by atoms with Gasteiger partial charge in [-0.25, -0.2) is 9.59 Å². The van der Waals surface area contributed by atoms with Crippen LogP contribution in [0.1, 0.15) is 36.8 Å². The highest BCUT2D eigenvalue weighted by Gasteiger charge is 2.29. The zero-order valence-corrected chi connectivity index (χ0v) is 21.6. The third-order valence-corrected chi connectivity index (χ3v) is 5.92. The predicted octanol–water partition coefficient (Wildman–Crippen LogP) is 4.78. The maximum atomic E-state index is 13.0. The Kier molecular flexibility index (Phi) is 9.84. The Hall–Kier alpha value is -3.43. The van der Waals surface area contributed by atoms with E-state index < -0.39 is 29.9 Å². The number of amides is 2. The largest absolute Gasteiger partial charge is 0.444 e. The van der Waals surface area contributed by atoms with Crippen LogP contribution in [0.25, 0.3) is 0 Å².